The molecule has 1 heterocycles. The molecule has 0 amide bonds. The van der Waals surface area contributed by atoms with Crippen molar-refractivity contribution < 1.29 is 14.0 Å². The predicted octanol–water partition coefficient (Wildman–Crippen LogP) is 4.02. The summed E-state index contributed by atoms with van der Waals surface area (Å²) in [5.74, 6) is 2.26. The third-order valence-electron chi connectivity index (χ3n) is 3.62. The van der Waals surface area contributed by atoms with E-state index in [2.05, 4.69) is 21.1 Å². The molecule has 112 valence electrons. The fraction of sp³-hybridized carbons (Fsp3) is 0.400. The molecule has 2 aromatic rings. The van der Waals surface area contributed by atoms with E-state index in [1.165, 1.54) is 12.8 Å². The van der Waals surface area contributed by atoms with Gasteiger partial charge in [0.1, 0.15) is 0 Å². The van der Waals surface area contributed by atoms with Crippen molar-refractivity contribution in [3.8, 4) is 22.8 Å². The van der Waals surface area contributed by atoms with E-state index >= 15 is 0 Å². The molecule has 1 aliphatic carbocycles. The first-order valence-electron chi connectivity index (χ1n) is 6.94. The van der Waals surface area contributed by atoms with Crippen molar-refractivity contribution in [1.29, 1.82) is 0 Å². The van der Waals surface area contributed by atoms with Gasteiger partial charge in [0.05, 0.1) is 18.8 Å². The summed E-state index contributed by atoms with van der Waals surface area (Å²) in [5.41, 5.74) is 6.44. The lowest BCUT2D eigenvalue weighted by Crippen LogP contribution is -2.12. The van der Waals surface area contributed by atoms with E-state index in [9.17, 15) is 0 Å². The van der Waals surface area contributed by atoms with Gasteiger partial charge in [-0.25, -0.2) is 0 Å². The second kappa shape index (κ2) is 5.97. The molecule has 0 unspecified atom stereocenters. The van der Waals surface area contributed by atoms with E-state index in [1.807, 2.05) is 12.1 Å². The standard InChI is InChI=1S/C15H17BrN2O3/c1-19-13-7-9(16)6-11(12-8-14(17)18-21-12)15(13)20-10-4-2-3-5-10/h6-8,10H,2-5H2,1H3,(H2,17,18). The fourth-order valence-corrected chi connectivity index (χ4v) is 3.05. The summed E-state index contributed by atoms with van der Waals surface area (Å²) in [5, 5.41) is 3.74. The van der Waals surface area contributed by atoms with Gasteiger partial charge < -0.3 is 19.7 Å². The zero-order chi connectivity index (χ0) is 14.8. The fourth-order valence-electron chi connectivity index (χ4n) is 2.61. The van der Waals surface area contributed by atoms with Crippen molar-refractivity contribution in [2.75, 3.05) is 12.8 Å². The third kappa shape index (κ3) is 3.00. The maximum absolute atomic E-state index is 6.17. The number of hydrogen-bond donors (Lipinski definition) is 1. The van der Waals surface area contributed by atoms with Crippen LogP contribution in [0.1, 0.15) is 25.7 Å². The molecule has 0 spiro atoms. The maximum atomic E-state index is 6.17. The van der Waals surface area contributed by atoms with E-state index in [4.69, 9.17) is 19.7 Å². The van der Waals surface area contributed by atoms with Gasteiger partial charge in [-0.1, -0.05) is 21.1 Å². The topological polar surface area (TPSA) is 70.5 Å². The van der Waals surface area contributed by atoms with Crippen molar-refractivity contribution in [3.05, 3.63) is 22.7 Å². The van der Waals surface area contributed by atoms with E-state index in [0.29, 0.717) is 23.1 Å². The Morgan fingerprint density at radius 2 is 2.05 bits per heavy atom. The SMILES string of the molecule is COc1cc(Br)cc(-c2cc(N)no2)c1OC1CCCC1. The second-order valence-corrected chi connectivity index (χ2v) is 6.04. The molecule has 1 aliphatic rings. The lowest BCUT2D eigenvalue weighted by atomic mass is 10.1. The molecule has 0 radical (unpaired) electrons. The van der Waals surface area contributed by atoms with Crippen molar-refractivity contribution in [2.45, 2.75) is 31.8 Å². The first kappa shape index (κ1) is 14.3. The minimum absolute atomic E-state index is 0.221. The van der Waals surface area contributed by atoms with Gasteiger partial charge in [0.2, 0.25) is 0 Å². The van der Waals surface area contributed by atoms with Gasteiger partial charge in [-0.05, 0) is 37.8 Å². The van der Waals surface area contributed by atoms with Crippen LogP contribution in [-0.4, -0.2) is 18.4 Å². The van der Waals surface area contributed by atoms with Crippen LogP contribution in [0.2, 0.25) is 0 Å². The normalized spacial score (nSPS) is 15.3. The third-order valence-corrected chi connectivity index (χ3v) is 4.08. The Hall–Kier alpha value is -1.69. The summed E-state index contributed by atoms with van der Waals surface area (Å²) in [6, 6.07) is 5.49. The molecule has 0 aliphatic heterocycles. The first-order chi connectivity index (χ1) is 10.2. The van der Waals surface area contributed by atoms with Crippen LogP contribution < -0.4 is 15.2 Å². The number of ether oxygens (including phenoxy) is 2. The number of nitrogens with zero attached hydrogens (tertiary/aromatic N) is 1. The van der Waals surface area contributed by atoms with Crippen LogP contribution in [0, 0.1) is 0 Å². The van der Waals surface area contributed by atoms with Crippen molar-refractivity contribution in [3.63, 3.8) is 0 Å². The quantitative estimate of drug-likeness (QED) is 0.899. The number of nitrogen functional groups attached to an aromatic ring is 1. The summed E-state index contributed by atoms with van der Waals surface area (Å²) in [4.78, 5) is 0. The summed E-state index contributed by atoms with van der Waals surface area (Å²) in [6.07, 6.45) is 4.76. The number of nitrogens with two attached hydrogens (primary N) is 1. The van der Waals surface area contributed by atoms with Gasteiger partial charge in [-0.15, -0.1) is 0 Å². The van der Waals surface area contributed by atoms with Crippen LogP contribution >= 0.6 is 15.9 Å². The number of methoxy groups -OCH3 is 1. The molecule has 0 atom stereocenters. The average Bonchev–Trinajstić information content (AvgIpc) is 3.11. The number of hydrogen-bond acceptors (Lipinski definition) is 5. The molecule has 6 heteroatoms. The highest BCUT2D eigenvalue weighted by atomic mass is 79.9. The summed E-state index contributed by atoms with van der Waals surface area (Å²) < 4.78 is 17.8. The molecule has 1 saturated carbocycles. The number of rotatable bonds is 4. The average molecular weight is 353 g/mol. The summed E-state index contributed by atoms with van der Waals surface area (Å²) in [7, 11) is 1.63. The van der Waals surface area contributed by atoms with Gasteiger partial charge in [-0.2, -0.15) is 0 Å². The highest BCUT2D eigenvalue weighted by Crippen LogP contribution is 2.43. The lowest BCUT2D eigenvalue weighted by Gasteiger charge is -2.18. The maximum Gasteiger partial charge on any atom is 0.172 e. The Bertz CT molecular complexity index is 636. The highest BCUT2D eigenvalue weighted by molar-refractivity contribution is 9.10. The van der Waals surface area contributed by atoms with Gasteiger partial charge in [0, 0.05) is 10.5 Å². The number of aromatic nitrogens is 1. The monoisotopic (exact) mass is 352 g/mol. The van der Waals surface area contributed by atoms with Crippen molar-refractivity contribution in [2.24, 2.45) is 0 Å². The van der Waals surface area contributed by atoms with Crippen LogP contribution in [0.3, 0.4) is 0 Å². The van der Waals surface area contributed by atoms with Gasteiger partial charge >= 0.3 is 0 Å². The highest BCUT2D eigenvalue weighted by Gasteiger charge is 2.23. The Labute approximate surface area is 131 Å². The van der Waals surface area contributed by atoms with E-state index in [1.54, 1.807) is 13.2 Å². The van der Waals surface area contributed by atoms with Crippen LogP contribution in [0.15, 0.2) is 27.2 Å². The number of halogens is 1. The molecule has 1 aromatic heterocycles. The smallest absolute Gasteiger partial charge is 0.172 e. The zero-order valence-electron chi connectivity index (χ0n) is 11.8. The molecule has 3 rings (SSSR count). The van der Waals surface area contributed by atoms with Gasteiger partial charge in [0.25, 0.3) is 0 Å². The van der Waals surface area contributed by atoms with Crippen LogP contribution in [0.5, 0.6) is 11.5 Å². The summed E-state index contributed by atoms with van der Waals surface area (Å²) >= 11 is 3.48. The Kier molecular flexibility index (Phi) is 4.05. The van der Waals surface area contributed by atoms with E-state index < -0.39 is 0 Å². The molecule has 0 bridgehead atoms. The van der Waals surface area contributed by atoms with Gasteiger partial charge in [-0.3, -0.25) is 0 Å². The van der Waals surface area contributed by atoms with E-state index in [0.717, 1.165) is 22.9 Å². The van der Waals surface area contributed by atoms with Crippen LogP contribution in [0.4, 0.5) is 5.82 Å². The molecule has 1 fully saturated rings. The van der Waals surface area contributed by atoms with Crippen molar-refractivity contribution >= 4 is 21.7 Å². The predicted molar refractivity (Wildman–Crippen MR) is 83.5 cm³/mol. The first-order valence-corrected chi connectivity index (χ1v) is 7.73. The van der Waals surface area contributed by atoms with Gasteiger partial charge in [0.15, 0.2) is 23.1 Å². The van der Waals surface area contributed by atoms with Crippen molar-refractivity contribution in [1.82, 2.24) is 5.16 Å². The lowest BCUT2D eigenvalue weighted by molar-refractivity contribution is 0.201. The Balaban J connectivity index is 2.05. The summed E-state index contributed by atoms with van der Waals surface area (Å²) in [6.45, 7) is 0. The van der Waals surface area contributed by atoms with Crippen LogP contribution in [0.25, 0.3) is 11.3 Å². The molecular weight excluding hydrogens is 336 g/mol. The molecule has 5 nitrogen and oxygen atoms in total. The molecule has 21 heavy (non-hydrogen) atoms. The van der Waals surface area contributed by atoms with E-state index in [-0.39, 0.29) is 6.10 Å². The molecule has 0 saturated heterocycles. The Morgan fingerprint density at radius 3 is 2.67 bits per heavy atom. The van der Waals surface area contributed by atoms with Crippen LogP contribution in [-0.2, 0) is 0 Å². The number of anilines is 1. The minimum atomic E-state index is 0.221. The molecular formula is C15H17BrN2O3. The molecule has 1 aromatic carbocycles. The number of benzene rings is 1. The zero-order valence-corrected chi connectivity index (χ0v) is 13.4. The second-order valence-electron chi connectivity index (χ2n) is 5.13. The minimum Gasteiger partial charge on any atom is -0.493 e. The Morgan fingerprint density at radius 1 is 1.29 bits per heavy atom. The molecule has 2 N–H and O–H groups in total. The largest absolute Gasteiger partial charge is 0.493 e.